The molecule has 0 bridgehead atoms. The normalized spacial score (nSPS) is 29.6. The van der Waals surface area contributed by atoms with E-state index in [0.29, 0.717) is 5.92 Å². The first kappa shape index (κ1) is 11.3. The monoisotopic (exact) mass is 195 g/mol. The molecule has 2 nitrogen and oxygen atoms in total. The fraction of sp³-hybridized carbons (Fsp3) is 0.750. The molecule has 2 heteroatoms. The molecule has 1 aliphatic rings. The third-order valence-corrected chi connectivity index (χ3v) is 3.59. The van der Waals surface area contributed by atoms with Crippen LogP contribution in [0.1, 0.15) is 46.5 Å². The van der Waals surface area contributed by atoms with Crippen LogP contribution in [0.15, 0.2) is 11.1 Å². The van der Waals surface area contributed by atoms with E-state index >= 15 is 0 Å². The molecule has 0 aromatic heterocycles. The van der Waals surface area contributed by atoms with Gasteiger partial charge in [-0.3, -0.25) is 4.79 Å². The minimum atomic E-state index is -0.121. The van der Waals surface area contributed by atoms with Gasteiger partial charge in [-0.25, -0.2) is 0 Å². The number of amides is 1. The molecule has 0 aromatic carbocycles. The lowest BCUT2D eigenvalue weighted by Crippen LogP contribution is -2.29. The van der Waals surface area contributed by atoms with Gasteiger partial charge in [0.15, 0.2) is 0 Å². The van der Waals surface area contributed by atoms with E-state index in [1.54, 1.807) is 0 Å². The van der Waals surface area contributed by atoms with Crippen LogP contribution in [0.2, 0.25) is 0 Å². The van der Waals surface area contributed by atoms with Crippen molar-refractivity contribution in [2.24, 2.45) is 17.6 Å². The molecule has 0 heterocycles. The first-order chi connectivity index (χ1) is 6.52. The van der Waals surface area contributed by atoms with Crippen LogP contribution in [-0.2, 0) is 4.79 Å². The zero-order valence-corrected chi connectivity index (χ0v) is 9.47. The Hall–Kier alpha value is -0.790. The van der Waals surface area contributed by atoms with Crippen LogP contribution in [0, 0.1) is 11.8 Å². The average molecular weight is 195 g/mol. The lowest BCUT2D eigenvalue weighted by Gasteiger charge is -2.24. The highest BCUT2D eigenvalue weighted by molar-refractivity contribution is 5.76. The second kappa shape index (κ2) is 4.63. The zero-order chi connectivity index (χ0) is 10.7. The van der Waals surface area contributed by atoms with Crippen molar-refractivity contribution in [3.8, 4) is 0 Å². The molecule has 2 atom stereocenters. The van der Waals surface area contributed by atoms with Gasteiger partial charge in [0.05, 0.1) is 0 Å². The second-order valence-electron chi connectivity index (χ2n) is 4.62. The summed E-state index contributed by atoms with van der Waals surface area (Å²) >= 11 is 0. The Balaban J connectivity index is 2.74. The van der Waals surface area contributed by atoms with Crippen LogP contribution in [0.4, 0.5) is 0 Å². The Labute approximate surface area is 86.6 Å². The molecule has 0 aliphatic heterocycles. The summed E-state index contributed by atoms with van der Waals surface area (Å²) in [7, 11) is 0. The SMILES string of the molecule is CC1=C(C)CCC(C(N)=O)C(C)CC1. The quantitative estimate of drug-likeness (QED) is 0.642. The maximum atomic E-state index is 11.2. The zero-order valence-electron chi connectivity index (χ0n) is 9.47. The Morgan fingerprint density at radius 3 is 2.21 bits per heavy atom. The van der Waals surface area contributed by atoms with Crippen molar-refractivity contribution >= 4 is 5.91 Å². The summed E-state index contributed by atoms with van der Waals surface area (Å²) < 4.78 is 0. The maximum Gasteiger partial charge on any atom is 0.220 e. The van der Waals surface area contributed by atoms with Gasteiger partial charge in [-0.2, -0.15) is 0 Å². The van der Waals surface area contributed by atoms with E-state index in [-0.39, 0.29) is 11.8 Å². The Kier molecular flexibility index (Phi) is 3.73. The maximum absolute atomic E-state index is 11.2. The fourth-order valence-corrected chi connectivity index (χ4v) is 2.15. The van der Waals surface area contributed by atoms with E-state index in [1.807, 2.05) is 0 Å². The molecular weight excluding hydrogens is 174 g/mol. The number of hydrogen-bond acceptors (Lipinski definition) is 1. The first-order valence-electron chi connectivity index (χ1n) is 5.47. The number of primary amides is 1. The molecule has 2 N–H and O–H groups in total. The number of carbonyl (C=O) groups is 1. The van der Waals surface area contributed by atoms with Crippen LogP contribution in [0.5, 0.6) is 0 Å². The lowest BCUT2D eigenvalue weighted by atomic mass is 9.81. The van der Waals surface area contributed by atoms with Crippen molar-refractivity contribution in [1.29, 1.82) is 0 Å². The third-order valence-electron chi connectivity index (χ3n) is 3.59. The van der Waals surface area contributed by atoms with Crippen molar-refractivity contribution in [1.82, 2.24) is 0 Å². The van der Waals surface area contributed by atoms with Gasteiger partial charge in [0.25, 0.3) is 0 Å². The van der Waals surface area contributed by atoms with E-state index in [1.165, 1.54) is 11.1 Å². The molecule has 0 aromatic rings. The number of hydrogen-bond donors (Lipinski definition) is 1. The number of carbonyl (C=O) groups excluding carboxylic acids is 1. The fourth-order valence-electron chi connectivity index (χ4n) is 2.15. The summed E-state index contributed by atoms with van der Waals surface area (Å²) in [6.45, 7) is 6.51. The predicted octanol–water partition coefficient (Wildman–Crippen LogP) is 2.63. The Bertz CT molecular complexity index is 255. The van der Waals surface area contributed by atoms with Crippen LogP contribution in [0.3, 0.4) is 0 Å². The first-order valence-corrected chi connectivity index (χ1v) is 5.47. The minimum absolute atomic E-state index is 0.0815. The van der Waals surface area contributed by atoms with Crippen LogP contribution in [-0.4, -0.2) is 5.91 Å². The minimum Gasteiger partial charge on any atom is -0.369 e. The average Bonchev–Trinajstić information content (AvgIpc) is 2.11. The van der Waals surface area contributed by atoms with Gasteiger partial charge in [-0.05, 0) is 45.4 Å². The van der Waals surface area contributed by atoms with E-state index in [0.717, 1.165) is 25.7 Å². The van der Waals surface area contributed by atoms with Crippen LogP contribution in [0.25, 0.3) is 0 Å². The molecule has 0 saturated heterocycles. The highest BCUT2D eigenvalue weighted by atomic mass is 16.1. The molecule has 80 valence electrons. The van der Waals surface area contributed by atoms with E-state index in [2.05, 4.69) is 20.8 Å². The molecule has 1 amide bonds. The van der Waals surface area contributed by atoms with Gasteiger partial charge in [0.1, 0.15) is 0 Å². The molecule has 0 radical (unpaired) electrons. The summed E-state index contributed by atoms with van der Waals surface area (Å²) in [6.07, 6.45) is 4.18. The third kappa shape index (κ3) is 2.60. The standard InChI is InChI=1S/C12H21NO/c1-8-4-5-10(3)11(12(13)14)7-6-9(8)2/h10-11H,4-7H2,1-3H3,(H2,13,14). The van der Waals surface area contributed by atoms with Crippen molar-refractivity contribution in [2.45, 2.75) is 46.5 Å². The second-order valence-corrected chi connectivity index (χ2v) is 4.62. The van der Waals surface area contributed by atoms with E-state index in [9.17, 15) is 4.79 Å². The lowest BCUT2D eigenvalue weighted by molar-refractivity contribution is -0.123. The van der Waals surface area contributed by atoms with Gasteiger partial charge >= 0.3 is 0 Å². The van der Waals surface area contributed by atoms with E-state index < -0.39 is 0 Å². The molecular formula is C12H21NO. The van der Waals surface area contributed by atoms with Crippen molar-refractivity contribution < 1.29 is 4.79 Å². The summed E-state index contributed by atoms with van der Waals surface area (Å²) in [5.74, 6) is 0.401. The predicted molar refractivity (Wildman–Crippen MR) is 58.7 cm³/mol. The van der Waals surface area contributed by atoms with Gasteiger partial charge in [0.2, 0.25) is 5.91 Å². The van der Waals surface area contributed by atoms with Crippen molar-refractivity contribution in [3.63, 3.8) is 0 Å². The number of rotatable bonds is 1. The number of allylic oxidation sites excluding steroid dienone is 2. The highest BCUT2D eigenvalue weighted by Gasteiger charge is 2.24. The topological polar surface area (TPSA) is 43.1 Å². The molecule has 0 fully saturated rings. The summed E-state index contributed by atoms with van der Waals surface area (Å²) in [4.78, 5) is 11.2. The van der Waals surface area contributed by atoms with E-state index in [4.69, 9.17) is 5.73 Å². The molecule has 2 unspecified atom stereocenters. The van der Waals surface area contributed by atoms with Gasteiger partial charge in [-0.1, -0.05) is 18.1 Å². The van der Waals surface area contributed by atoms with Gasteiger partial charge in [0, 0.05) is 5.92 Å². The van der Waals surface area contributed by atoms with Gasteiger partial charge < -0.3 is 5.73 Å². The Morgan fingerprint density at radius 2 is 1.71 bits per heavy atom. The largest absolute Gasteiger partial charge is 0.369 e. The summed E-state index contributed by atoms with van der Waals surface area (Å²) in [6, 6.07) is 0. The molecule has 14 heavy (non-hydrogen) atoms. The molecule has 1 rings (SSSR count). The van der Waals surface area contributed by atoms with Crippen molar-refractivity contribution in [2.75, 3.05) is 0 Å². The highest BCUT2D eigenvalue weighted by Crippen LogP contribution is 2.30. The van der Waals surface area contributed by atoms with Crippen molar-refractivity contribution in [3.05, 3.63) is 11.1 Å². The van der Waals surface area contributed by atoms with Crippen LogP contribution >= 0.6 is 0 Å². The van der Waals surface area contributed by atoms with Crippen LogP contribution < -0.4 is 5.73 Å². The molecule has 0 spiro atoms. The molecule has 1 aliphatic carbocycles. The Morgan fingerprint density at radius 1 is 1.21 bits per heavy atom. The van der Waals surface area contributed by atoms with Gasteiger partial charge in [-0.15, -0.1) is 0 Å². The number of nitrogens with two attached hydrogens (primary N) is 1. The summed E-state index contributed by atoms with van der Waals surface area (Å²) in [5, 5.41) is 0. The molecule has 0 saturated carbocycles. The smallest absolute Gasteiger partial charge is 0.220 e. The summed E-state index contributed by atoms with van der Waals surface area (Å²) in [5.41, 5.74) is 8.35.